The molecule has 4 saturated carbocycles. The van der Waals surface area contributed by atoms with Crippen molar-refractivity contribution in [1.82, 2.24) is 39.1 Å². The second-order valence-electron chi connectivity index (χ2n) is 37.0. The SMILES string of the molecule is C/C=C/[C@H](O)[C@H]1CCCC2=Cc3c(cnn3-c3ccc(F)cc3)C[C@@]21C.COc1ccc(C[C@H](O)[C@H]2CCCC3=Cc4c(cnn4-c4ccc(F)cc4)C[C@@]32C)c(OC)c1.C[C@]12Cc3cnn(-c4ccc(F)cc4)c3C=C1CCC[C@@H]2[C@@H](O)Cc1ccc(F)cc1.C[C@]12Cc3cnn(-c4ccc(F)cc4)c3C=C1CCC[C@@H]2[C@@H](O)Cc1ccc(Oc2ccccc2)cc1. The minimum absolute atomic E-state index is 0.0408. The van der Waals surface area contributed by atoms with Crippen molar-refractivity contribution in [3.8, 4) is 45.7 Å². The quantitative estimate of drug-likeness (QED) is 0.0447. The maximum Gasteiger partial charge on any atom is 0.127 e. The lowest BCUT2D eigenvalue weighted by molar-refractivity contribution is 0.0229. The van der Waals surface area contributed by atoms with Gasteiger partial charge in [-0.3, -0.25) is 0 Å². The first-order chi connectivity index (χ1) is 61.9. The van der Waals surface area contributed by atoms with Gasteiger partial charge in [0.05, 0.1) is 109 Å². The maximum atomic E-state index is 13.5. The third kappa shape index (κ3) is 18.1. The van der Waals surface area contributed by atoms with E-state index in [1.165, 1.54) is 94.1 Å². The number of aromatic nitrogens is 8. The summed E-state index contributed by atoms with van der Waals surface area (Å²) in [5, 5.41) is 63.2. The first kappa shape index (κ1) is 88.2. The average Bonchev–Trinajstić information content (AvgIpc) is 1.45. The fraction of sp³-hybridized carbons (Fsp3) is 0.352. The molecule has 0 saturated heterocycles. The Balaban J connectivity index is 0.000000121. The highest BCUT2D eigenvalue weighted by molar-refractivity contribution is 5.66. The highest BCUT2D eigenvalue weighted by atomic mass is 19.1. The number of hydrogen-bond acceptors (Lipinski definition) is 11. The predicted octanol–water partition coefficient (Wildman–Crippen LogP) is 22.7. The van der Waals surface area contributed by atoms with Crippen molar-refractivity contribution in [2.24, 2.45) is 45.3 Å². The molecule has 20 heteroatoms. The molecular weight excluding hydrogens is 1620 g/mol. The molecule has 4 N–H and O–H groups in total. The minimum atomic E-state index is -0.496. The summed E-state index contributed by atoms with van der Waals surface area (Å²) in [7, 11) is 3.28. The number of methoxy groups -OCH3 is 2. The van der Waals surface area contributed by atoms with Crippen molar-refractivity contribution < 1.29 is 56.6 Å². The molecule has 0 unspecified atom stereocenters. The van der Waals surface area contributed by atoms with Crippen LogP contribution in [0.25, 0.3) is 47.1 Å². The van der Waals surface area contributed by atoms with Crippen molar-refractivity contribution in [1.29, 1.82) is 0 Å². The number of ether oxygens (including phenoxy) is 3. The molecule has 4 heterocycles. The summed E-state index contributed by atoms with van der Waals surface area (Å²) in [4.78, 5) is 0. The van der Waals surface area contributed by atoms with Crippen LogP contribution in [-0.4, -0.2) is 98.2 Å². The molecule has 4 fully saturated rings. The Kier molecular flexibility index (Phi) is 25.8. The topological polar surface area (TPSA) is 180 Å². The normalized spacial score (nSPS) is 23.2. The number of para-hydroxylation sites is 1. The van der Waals surface area contributed by atoms with E-state index in [0.717, 1.165) is 199 Å². The van der Waals surface area contributed by atoms with E-state index in [0.29, 0.717) is 19.3 Å². The van der Waals surface area contributed by atoms with Crippen LogP contribution < -0.4 is 14.2 Å². The third-order valence-corrected chi connectivity index (χ3v) is 29.2. The maximum absolute atomic E-state index is 13.5. The van der Waals surface area contributed by atoms with Crippen LogP contribution in [0.4, 0.5) is 22.0 Å². The highest BCUT2D eigenvalue weighted by Gasteiger charge is 2.51. The summed E-state index contributed by atoms with van der Waals surface area (Å²) < 4.78 is 91.1. The van der Waals surface area contributed by atoms with Gasteiger partial charge in [-0.05, 0) is 371 Å². The molecule has 0 amide bonds. The Bertz CT molecular complexity index is 6080. The standard InChI is InChI=1S/C32H31FN2O2.C28H31FN2O3.C26H26F2N2O.C22H25FN2O/c1-32-20-23-21-34-35(26-14-12-25(33)13-15-26)30(23)19-24(32)6-5-9-29(32)31(36)18-22-10-16-28(17-11-22)37-27-7-3-2-4-8-27;1-28-16-19-17-30-31(22-10-8-21(29)9-11-22)25(19)14-20(28)5-4-6-24(28)26(32)13-18-7-12-23(33-2)15-27(18)34-3;1-26-15-18-16-29-30(22-11-9-21(28)10-12-22)24(18)14-19(26)3-2-4-23(26)25(31)13-17-5-7-20(27)8-6-17;1-3-5-21(26)19-7-4-6-16-12-20-15(13-22(16,19)2)14-24-25(20)18-10-8-17(23)9-11-18/h2-4,7-8,10-17,19,21,29,31,36H,5-6,9,18,20H2,1H3;7-12,14-15,17,24,26,32H,4-6,13,16H2,1-3H3;5-12,14,16,23,25,31H,2-4,13,15H2,1H3;3,5,8-12,14,19,21,26H,4,6-7,13H2,1-2H3/b;;;5-3+/t29-,31+,32+;24-,26+,28+;23-,25+,26+;19-,21+,22+/m1111/s1. The molecule has 0 bridgehead atoms. The Morgan fingerprint density at radius 2 is 0.680 bits per heavy atom. The van der Waals surface area contributed by atoms with Crippen LogP contribution in [0.5, 0.6) is 23.0 Å². The molecule has 20 rings (SSSR count). The van der Waals surface area contributed by atoms with Crippen LogP contribution >= 0.6 is 0 Å². The molecule has 12 atom stereocenters. The second kappa shape index (κ2) is 37.5. The number of allylic oxidation sites excluding steroid dienone is 5. The van der Waals surface area contributed by atoms with Gasteiger partial charge in [0, 0.05) is 12.5 Å². The second-order valence-corrected chi connectivity index (χ2v) is 37.0. The van der Waals surface area contributed by atoms with Gasteiger partial charge in [0.25, 0.3) is 0 Å². The van der Waals surface area contributed by atoms with Crippen molar-refractivity contribution in [2.75, 3.05) is 14.2 Å². The summed E-state index contributed by atoms with van der Waals surface area (Å²) in [6, 6.07) is 55.7. The molecule has 8 aliphatic carbocycles. The molecule has 12 aromatic rings. The largest absolute Gasteiger partial charge is 0.497 e. The van der Waals surface area contributed by atoms with E-state index >= 15 is 0 Å². The van der Waals surface area contributed by atoms with E-state index < -0.39 is 24.4 Å². The van der Waals surface area contributed by atoms with Gasteiger partial charge in [0.1, 0.15) is 52.1 Å². The van der Waals surface area contributed by atoms with Gasteiger partial charge in [0.15, 0.2) is 0 Å². The zero-order valence-electron chi connectivity index (χ0n) is 73.8. The van der Waals surface area contributed by atoms with E-state index in [1.54, 1.807) is 74.9 Å². The molecule has 0 spiro atoms. The Morgan fingerprint density at radius 3 is 1.02 bits per heavy atom. The van der Waals surface area contributed by atoms with Gasteiger partial charge in [-0.15, -0.1) is 0 Å². The van der Waals surface area contributed by atoms with E-state index in [9.17, 15) is 42.4 Å². The smallest absolute Gasteiger partial charge is 0.127 e. The lowest BCUT2D eigenvalue weighted by Gasteiger charge is -2.47. The molecule has 662 valence electrons. The predicted molar refractivity (Wildman–Crippen MR) is 491 cm³/mol. The highest BCUT2D eigenvalue weighted by Crippen LogP contribution is 2.57. The molecule has 15 nitrogen and oxygen atoms in total. The number of rotatable bonds is 19. The number of aliphatic hydroxyl groups is 4. The fourth-order valence-corrected chi connectivity index (χ4v) is 22.3. The zero-order valence-corrected chi connectivity index (χ0v) is 73.8. The molecule has 128 heavy (non-hydrogen) atoms. The Labute approximate surface area is 746 Å². The third-order valence-electron chi connectivity index (χ3n) is 29.2. The first-order valence-electron chi connectivity index (χ1n) is 45.2. The first-order valence-corrected chi connectivity index (χ1v) is 45.2. The van der Waals surface area contributed by atoms with Gasteiger partial charge in [-0.1, -0.05) is 111 Å². The van der Waals surface area contributed by atoms with Crippen LogP contribution in [0.2, 0.25) is 0 Å². The van der Waals surface area contributed by atoms with Gasteiger partial charge in [-0.2, -0.15) is 20.4 Å². The number of fused-ring (bicyclic) bond motifs is 8. The van der Waals surface area contributed by atoms with Crippen LogP contribution in [0.3, 0.4) is 0 Å². The summed E-state index contributed by atoms with van der Waals surface area (Å²) in [5.41, 5.74) is 20.5. The molecular formula is C108H113F5N8O7. The molecule has 8 aliphatic rings. The lowest BCUT2D eigenvalue weighted by Crippen LogP contribution is -2.44. The lowest BCUT2D eigenvalue weighted by atomic mass is 9.58. The summed E-state index contributed by atoms with van der Waals surface area (Å²) in [6.07, 6.45) is 36.1. The van der Waals surface area contributed by atoms with E-state index in [2.05, 4.69) is 84.5 Å². The van der Waals surface area contributed by atoms with E-state index in [4.69, 9.17) is 14.2 Å². The van der Waals surface area contributed by atoms with Crippen LogP contribution in [0, 0.1) is 74.4 Å². The molecule has 8 aromatic carbocycles. The van der Waals surface area contributed by atoms with E-state index in [1.807, 2.05) is 123 Å². The Hall–Kier alpha value is -11.8. The van der Waals surface area contributed by atoms with Crippen LogP contribution in [0.1, 0.15) is 173 Å². The zero-order chi connectivity index (χ0) is 89.2. The average molecular weight is 1730 g/mol. The molecule has 0 radical (unpaired) electrons. The molecule has 0 aliphatic heterocycles. The number of halogens is 5. The van der Waals surface area contributed by atoms with Gasteiger partial charge in [0.2, 0.25) is 0 Å². The number of aliphatic hydroxyl groups excluding tert-OH is 4. The van der Waals surface area contributed by atoms with Crippen molar-refractivity contribution in [2.45, 2.75) is 181 Å². The molecule has 4 aromatic heterocycles. The fourth-order valence-electron chi connectivity index (χ4n) is 22.3. The van der Waals surface area contributed by atoms with Gasteiger partial charge < -0.3 is 34.6 Å². The van der Waals surface area contributed by atoms with Crippen LogP contribution in [0.15, 0.2) is 253 Å². The van der Waals surface area contributed by atoms with Gasteiger partial charge >= 0.3 is 0 Å². The van der Waals surface area contributed by atoms with Crippen LogP contribution in [-0.2, 0) is 44.9 Å². The summed E-state index contributed by atoms with van der Waals surface area (Å²) >= 11 is 0. The van der Waals surface area contributed by atoms with Gasteiger partial charge in [-0.25, -0.2) is 40.7 Å². The van der Waals surface area contributed by atoms with Crippen molar-refractivity contribution in [3.05, 3.63) is 344 Å². The number of benzene rings is 8. The van der Waals surface area contributed by atoms with Crippen molar-refractivity contribution >= 4 is 24.3 Å². The monoisotopic (exact) mass is 1730 g/mol. The summed E-state index contributed by atoms with van der Waals surface area (Å²) in [5.74, 6) is 2.44. The number of nitrogens with zero attached hydrogens (tertiary/aromatic N) is 8. The van der Waals surface area contributed by atoms with E-state index in [-0.39, 0.29) is 74.4 Å². The number of hydrogen-bond donors (Lipinski definition) is 4. The van der Waals surface area contributed by atoms with Crippen molar-refractivity contribution in [3.63, 3.8) is 0 Å². The summed E-state index contributed by atoms with van der Waals surface area (Å²) in [6.45, 7) is 11.1. The minimum Gasteiger partial charge on any atom is -0.497 e. The Morgan fingerprint density at radius 1 is 0.375 bits per heavy atom.